The number of carbonyl (C=O) groups is 1. The van der Waals surface area contributed by atoms with Gasteiger partial charge < -0.3 is 11.1 Å². The summed E-state index contributed by atoms with van der Waals surface area (Å²) in [5.41, 5.74) is 4.11. The van der Waals surface area contributed by atoms with E-state index in [1.54, 1.807) is 0 Å². The van der Waals surface area contributed by atoms with Crippen LogP contribution in [0.5, 0.6) is 0 Å². The number of nitriles is 1. The van der Waals surface area contributed by atoms with Crippen LogP contribution in [0.1, 0.15) is 48.9 Å². The molecule has 4 heterocycles. The number of halogens is 3. The Hall–Kier alpha value is -3.53. The topological polar surface area (TPSA) is 146 Å². The van der Waals surface area contributed by atoms with Crippen LogP contribution in [0.2, 0.25) is 0 Å². The Bertz CT molecular complexity index is 1410. The highest BCUT2D eigenvalue weighted by Gasteiger charge is 2.60. The highest BCUT2D eigenvalue weighted by atomic mass is 32.2. The largest absolute Gasteiger partial charge is 0.386 e. The third-order valence-electron chi connectivity index (χ3n) is 6.38. The molecule has 184 valence electrons. The predicted octanol–water partition coefficient (Wildman–Crippen LogP) is 2.98. The molecule has 0 spiro atoms. The Kier molecular flexibility index (Phi) is 5.63. The number of amides is 1. The number of fused-ring (bicyclic) bond motifs is 1. The number of alkyl halides is 2. The minimum Gasteiger partial charge on any atom is -0.386 e. The van der Waals surface area contributed by atoms with Gasteiger partial charge in [0.1, 0.15) is 51.8 Å². The van der Waals surface area contributed by atoms with Crippen LogP contribution in [-0.4, -0.2) is 48.4 Å². The van der Waals surface area contributed by atoms with Crippen molar-refractivity contribution in [3.05, 3.63) is 53.2 Å². The lowest BCUT2D eigenvalue weighted by molar-refractivity contribution is -0.00686. The normalized spacial score (nSPS) is 28.6. The molecule has 0 unspecified atom stereocenters. The Morgan fingerprint density at radius 2 is 1.97 bits per heavy atom. The van der Waals surface area contributed by atoms with Gasteiger partial charge in [0.15, 0.2) is 0 Å². The summed E-state index contributed by atoms with van der Waals surface area (Å²) < 4.78 is 60.6. The third kappa shape index (κ3) is 3.91. The van der Waals surface area contributed by atoms with Crippen molar-refractivity contribution in [3.8, 4) is 6.07 Å². The molecule has 1 amide bonds. The highest BCUT2D eigenvalue weighted by molar-refractivity contribution is 7.96. The Morgan fingerprint density at radius 1 is 1.26 bits per heavy atom. The lowest BCUT2D eigenvalue weighted by atomic mass is 9.88. The molecule has 0 fully saturated rings. The van der Waals surface area contributed by atoms with Gasteiger partial charge in [-0.05, 0) is 45.0 Å². The van der Waals surface area contributed by atoms with Crippen molar-refractivity contribution in [2.75, 3.05) is 11.9 Å². The minimum absolute atomic E-state index is 0.0293. The van der Waals surface area contributed by atoms with Crippen LogP contribution in [0.4, 0.5) is 19.0 Å². The zero-order valence-electron chi connectivity index (χ0n) is 19.1. The maximum absolute atomic E-state index is 15.1. The first-order valence-electron chi connectivity index (χ1n) is 10.5. The van der Waals surface area contributed by atoms with E-state index in [-0.39, 0.29) is 22.9 Å². The highest BCUT2D eigenvalue weighted by Crippen LogP contribution is 2.49. The van der Waals surface area contributed by atoms with Crippen LogP contribution in [0.15, 0.2) is 39.8 Å². The van der Waals surface area contributed by atoms with Crippen molar-refractivity contribution in [1.29, 1.82) is 5.26 Å². The fourth-order valence-corrected chi connectivity index (χ4v) is 7.41. The van der Waals surface area contributed by atoms with E-state index in [1.165, 1.54) is 45.2 Å². The van der Waals surface area contributed by atoms with E-state index < -0.39 is 61.6 Å². The van der Waals surface area contributed by atoms with Gasteiger partial charge in [0, 0.05) is 12.6 Å². The number of hydrogen-bond acceptors (Lipinski definition) is 8. The number of aromatic nitrogens is 2. The zero-order valence-corrected chi connectivity index (χ0v) is 19.9. The smallest absolute Gasteiger partial charge is 0.275 e. The lowest BCUT2D eigenvalue weighted by Crippen LogP contribution is -2.62. The van der Waals surface area contributed by atoms with Gasteiger partial charge >= 0.3 is 0 Å². The molecule has 2 aliphatic rings. The van der Waals surface area contributed by atoms with Crippen LogP contribution in [-0.2, 0) is 15.3 Å². The van der Waals surface area contributed by atoms with E-state index in [4.69, 9.17) is 11.0 Å². The van der Waals surface area contributed by atoms with Crippen molar-refractivity contribution >= 4 is 27.3 Å². The number of pyridine rings is 2. The van der Waals surface area contributed by atoms with Gasteiger partial charge in [0.2, 0.25) is 0 Å². The standard InChI is InChI=1S/C22H22F3N7O2S/c1-20(2)19(27)32-21(3,15-8-22(24,25)11-29-35(15,20)34)17-13(23)5-7-16(30-17)31-18(33)14-6-4-12(9-26)10-28-14/h4-7,10,15H,8,11H2,1-3H3,(H2,27,32)(H,30,31,33)/t15-,21+,35-/m1/s1. The van der Waals surface area contributed by atoms with E-state index >= 15 is 4.39 Å². The molecular weight excluding hydrogens is 483 g/mol. The summed E-state index contributed by atoms with van der Waals surface area (Å²) in [4.78, 5) is 25.0. The molecule has 3 N–H and O–H groups in total. The van der Waals surface area contributed by atoms with E-state index in [0.717, 1.165) is 6.07 Å². The number of rotatable bonds is 3. The van der Waals surface area contributed by atoms with E-state index in [0.29, 0.717) is 0 Å². The summed E-state index contributed by atoms with van der Waals surface area (Å²) in [5.74, 6) is -5.08. The second-order valence-corrected chi connectivity index (χ2v) is 12.1. The first-order chi connectivity index (χ1) is 16.2. The molecule has 0 saturated carbocycles. The first kappa shape index (κ1) is 24.6. The van der Waals surface area contributed by atoms with Crippen LogP contribution >= 0.6 is 0 Å². The van der Waals surface area contributed by atoms with Crippen LogP contribution < -0.4 is 11.1 Å². The quantitative estimate of drug-likeness (QED) is 0.656. The van der Waals surface area contributed by atoms with E-state index in [1.807, 2.05) is 6.07 Å². The predicted molar refractivity (Wildman–Crippen MR) is 123 cm³/mol. The van der Waals surface area contributed by atoms with Gasteiger partial charge in [-0.25, -0.2) is 31.7 Å². The van der Waals surface area contributed by atoms with Gasteiger partial charge in [-0.3, -0.25) is 9.79 Å². The maximum atomic E-state index is 15.1. The number of carbonyl (C=O) groups excluding carboxylic acids is 1. The number of nitrogens with two attached hydrogens (primary N) is 1. The molecule has 35 heavy (non-hydrogen) atoms. The number of nitrogens with zero attached hydrogens (tertiary/aromatic N) is 5. The summed E-state index contributed by atoms with van der Waals surface area (Å²) in [7, 11) is -3.43. The molecule has 0 bridgehead atoms. The molecule has 2 aromatic heterocycles. The van der Waals surface area contributed by atoms with Gasteiger partial charge in [0.05, 0.1) is 20.5 Å². The van der Waals surface area contributed by atoms with Crippen molar-refractivity contribution in [3.63, 3.8) is 0 Å². The van der Waals surface area contributed by atoms with Crippen molar-refractivity contribution < 1.29 is 22.2 Å². The molecule has 9 nitrogen and oxygen atoms in total. The molecule has 0 saturated heterocycles. The average molecular weight is 506 g/mol. The lowest BCUT2D eigenvalue weighted by Gasteiger charge is -2.48. The fraction of sp³-hybridized carbons (Fsp3) is 0.409. The molecule has 2 aromatic rings. The number of nitrogens with one attached hydrogen (secondary N) is 1. The molecule has 4 rings (SSSR count). The van der Waals surface area contributed by atoms with E-state index in [9.17, 15) is 17.8 Å². The summed E-state index contributed by atoms with van der Waals surface area (Å²) in [6.45, 7) is 3.44. The monoisotopic (exact) mass is 505 g/mol. The second kappa shape index (κ2) is 8.01. The van der Waals surface area contributed by atoms with Gasteiger partial charge in [0.25, 0.3) is 11.8 Å². The number of anilines is 1. The number of amidine groups is 1. The second-order valence-electron chi connectivity index (χ2n) is 9.08. The number of hydrogen-bond donors (Lipinski definition) is 2. The Morgan fingerprint density at radius 3 is 2.60 bits per heavy atom. The SMILES string of the molecule is CC1(C)C(N)=N[C@](C)(c2nc(NC(=O)c3ccc(C#N)cn3)ccc2F)[C@H]2CC(F)(F)CN=[S@@]21=O. The molecule has 0 aromatic carbocycles. The van der Waals surface area contributed by atoms with Crippen molar-refractivity contribution in [1.82, 2.24) is 9.97 Å². The van der Waals surface area contributed by atoms with E-state index in [2.05, 4.69) is 24.6 Å². The minimum atomic E-state index is -3.43. The van der Waals surface area contributed by atoms with Gasteiger partial charge in [-0.1, -0.05) is 0 Å². The summed E-state index contributed by atoms with van der Waals surface area (Å²) >= 11 is 0. The van der Waals surface area contributed by atoms with Crippen LogP contribution in [0.25, 0.3) is 0 Å². The maximum Gasteiger partial charge on any atom is 0.275 e. The molecule has 2 aliphatic heterocycles. The van der Waals surface area contributed by atoms with Crippen LogP contribution in [0.3, 0.4) is 0 Å². The van der Waals surface area contributed by atoms with Crippen molar-refractivity contribution in [2.24, 2.45) is 15.1 Å². The average Bonchev–Trinajstić information content (AvgIpc) is 2.80. The molecule has 0 radical (unpaired) electrons. The number of aliphatic imine (C=N–C) groups is 1. The fourth-order valence-electron chi connectivity index (χ4n) is 4.21. The first-order valence-corrected chi connectivity index (χ1v) is 12.1. The zero-order chi connectivity index (χ0) is 25.8. The Balaban J connectivity index is 1.79. The summed E-state index contributed by atoms with van der Waals surface area (Å²) in [6, 6.07) is 6.79. The molecule has 0 aliphatic carbocycles. The molecular formula is C22H22F3N7O2S. The molecule has 13 heteroatoms. The van der Waals surface area contributed by atoms with Gasteiger partial charge in [-0.15, -0.1) is 0 Å². The summed E-state index contributed by atoms with van der Waals surface area (Å²) in [5, 5.41) is 9.93. The third-order valence-corrected chi connectivity index (χ3v) is 9.96. The molecule has 3 atom stereocenters. The van der Waals surface area contributed by atoms with Crippen molar-refractivity contribution in [2.45, 2.75) is 48.7 Å². The summed E-state index contributed by atoms with van der Waals surface area (Å²) in [6.07, 6.45) is 0.364. The Labute approximate surface area is 199 Å². The van der Waals surface area contributed by atoms with Gasteiger partial charge in [-0.2, -0.15) is 5.26 Å². The van der Waals surface area contributed by atoms with Crippen LogP contribution in [0, 0.1) is 17.1 Å².